The summed E-state index contributed by atoms with van der Waals surface area (Å²) in [7, 11) is 3.44. The maximum atomic E-state index is 5.19. The molecule has 0 radical (unpaired) electrons. The molecule has 12 heavy (non-hydrogen) atoms. The van der Waals surface area contributed by atoms with Crippen LogP contribution < -0.4 is 0 Å². The van der Waals surface area contributed by atoms with Crippen LogP contribution in [-0.4, -0.2) is 20.8 Å². The van der Waals surface area contributed by atoms with Crippen LogP contribution in [0.1, 0.15) is 12.8 Å². The van der Waals surface area contributed by atoms with E-state index >= 15 is 0 Å². The molecule has 0 amide bonds. The van der Waals surface area contributed by atoms with Gasteiger partial charge in [0.15, 0.2) is 0 Å². The third kappa shape index (κ3) is 6.86. The van der Waals surface area contributed by atoms with E-state index in [0.29, 0.717) is 0 Å². The van der Waals surface area contributed by atoms with Crippen LogP contribution in [0.4, 0.5) is 0 Å². The third-order valence-electron chi connectivity index (χ3n) is 1.47. The average Bonchev–Trinajstić information content (AvgIpc) is 2.11. The molecule has 0 aliphatic rings. The van der Waals surface area contributed by atoms with Crippen molar-refractivity contribution in [2.75, 3.05) is 20.8 Å². The van der Waals surface area contributed by atoms with Crippen molar-refractivity contribution in [3.63, 3.8) is 0 Å². The number of rotatable bonds is 8. The summed E-state index contributed by atoms with van der Waals surface area (Å²) in [5, 5.41) is 0. The Morgan fingerprint density at radius 3 is 2.42 bits per heavy atom. The van der Waals surface area contributed by atoms with Gasteiger partial charge in [0, 0.05) is 0 Å². The van der Waals surface area contributed by atoms with Crippen molar-refractivity contribution in [2.45, 2.75) is 17.6 Å². The molecule has 0 spiro atoms. The van der Waals surface area contributed by atoms with Crippen molar-refractivity contribution in [1.29, 1.82) is 0 Å². The molecule has 0 saturated heterocycles. The van der Waals surface area contributed by atoms with Gasteiger partial charge in [-0.2, -0.15) is 0 Å². The van der Waals surface area contributed by atoms with Gasteiger partial charge in [-0.25, -0.2) is 0 Å². The fraction of sp³-hybridized carbons (Fsp3) is 0.750. The van der Waals surface area contributed by atoms with Crippen LogP contribution in [0.3, 0.4) is 0 Å². The topological polar surface area (TPSA) is 27.7 Å². The number of hydrogen-bond acceptors (Lipinski definition) is 3. The van der Waals surface area contributed by atoms with Gasteiger partial charge in [0.05, 0.1) is 0 Å². The standard InChI is InChI=1S/C6H11O.2CH3O.Ti/c1-3-5-6-7-4-2;2*1-2;/h4H,1-3,5-6H2;2*1H3;/q;2*-1;+2. The third-order valence-corrected chi connectivity index (χ3v) is 4.08. The Hall–Kier alpha value is 0.174. The summed E-state index contributed by atoms with van der Waals surface area (Å²) in [5.41, 5.74) is 0. The van der Waals surface area contributed by atoms with Gasteiger partial charge in [-0.05, 0) is 0 Å². The average molecular weight is 209 g/mol. The van der Waals surface area contributed by atoms with Crippen LogP contribution in [0.25, 0.3) is 0 Å². The van der Waals surface area contributed by atoms with Crippen molar-refractivity contribution in [2.24, 2.45) is 0 Å². The Labute approximate surface area is 81.5 Å². The van der Waals surface area contributed by atoms with Crippen LogP contribution in [0, 0.1) is 0 Å². The zero-order valence-corrected chi connectivity index (χ0v) is 9.40. The molecule has 0 aromatic rings. The van der Waals surface area contributed by atoms with E-state index in [1.165, 1.54) is 6.26 Å². The molecule has 0 heterocycles. The molecular formula is C8H17O3Ti. The summed E-state index contributed by atoms with van der Waals surface area (Å²) in [4.78, 5) is 0. The zero-order chi connectivity index (χ0) is 9.23. The second-order valence-corrected chi connectivity index (χ2v) is 5.49. The second kappa shape index (κ2) is 9.26. The SMILES string of the molecule is C=COCCC[CH2][Ti]([O]C)[O]C. The molecule has 0 rings (SSSR count). The Morgan fingerprint density at radius 2 is 1.92 bits per heavy atom. The van der Waals surface area contributed by atoms with Gasteiger partial charge in [0.25, 0.3) is 0 Å². The van der Waals surface area contributed by atoms with E-state index < -0.39 is 18.6 Å². The summed E-state index contributed by atoms with van der Waals surface area (Å²) >= 11 is -1.58. The fourth-order valence-electron chi connectivity index (χ4n) is 0.826. The van der Waals surface area contributed by atoms with Gasteiger partial charge in [-0.15, -0.1) is 0 Å². The van der Waals surface area contributed by atoms with Crippen LogP contribution in [0.15, 0.2) is 12.8 Å². The molecule has 0 fully saturated rings. The number of hydrogen-bond donors (Lipinski definition) is 0. The number of unbranched alkanes of at least 4 members (excludes halogenated alkanes) is 1. The van der Waals surface area contributed by atoms with Crippen molar-refractivity contribution >= 4 is 0 Å². The molecule has 0 saturated carbocycles. The summed E-state index contributed by atoms with van der Waals surface area (Å²) in [6.07, 6.45) is 3.64. The molecule has 71 valence electrons. The van der Waals surface area contributed by atoms with Gasteiger partial charge in [-0.3, -0.25) is 0 Å². The van der Waals surface area contributed by atoms with Gasteiger partial charge in [-0.1, -0.05) is 0 Å². The van der Waals surface area contributed by atoms with E-state index in [0.717, 1.165) is 24.2 Å². The second-order valence-electron chi connectivity index (χ2n) is 2.27. The summed E-state index contributed by atoms with van der Waals surface area (Å²) in [6, 6.07) is 0. The van der Waals surface area contributed by atoms with Gasteiger partial charge in [0.1, 0.15) is 0 Å². The first-order valence-corrected chi connectivity index (χ1v) is 6.39. The Kier molecular flexibility index (Phi) is 9.40. The molecular weight excluding hydrogens is 192 g/mol. The first-order valence-electron chi connectivity index (χ1n) is 4.01. The summed E-state index contributed by atoms with van der Waals surface area (Å²) in [6.45, 7) is 4.22. The first-order chi connectivity index (χ1) is 5.85. The predicted molar refractivity (Wildman–Crippen MR) is 44.2 cm³/mol. The molecule has 0 unspecified atom stereocenters. The van der Waals surface area contributed by atoms with Crippen LogP contribution >= 0.6 is 0 Å². The first kappa shape index (κ1) is 12.2. The minimum absolute atomic E-state index is 0.753. The fourth-order valence-corrected chi connectivity index (χ4v) is 2.56. The quantitative estimate of drug-likeness (QED) is 0.348. The van der Waals surface area contributed by atoms with Gasteiger partial charge < -0.3 is 0 Å². The van der Waals surface area contributed by atoms with E-state index in [4.69, 9.17) is 11.4 Å². The van der Waals surface area contributed by atoms with Crippen LogP contribution in [0.2, 0.25) is 4.73 Å². The van der Waals surface area contributed by atoms with Crippen molar-refractivity contribution in [1.82, 2.24) is 0 Å². The van der Waals surface area contributed by atoms with E-state index in [1.807, 2.05) is 0 Å². The molecule has 0 atom stereocenters. The van der Waals surface area contributed by atoms with Crippen LogP contribution in [-0.2, 0) is 30.0 Å². The zero-order valence-electron chi connectivity index (χ0n) is 7.84. The molecule has 3 nitrogen and oxygen atoms in total. The van der Waals surface area contributed by atoms with Crippen molar-refractivity contribution in [3.8, 4) is 0 Å². The van der Waals surface area contributed by atoms with Gasteiger partial charge >= 0.3 is 81.3 Å². The van der Waals surface area contributed by atoms with Crippen molar-refractivity contribution in [3.05, 3.63) is 12.8 Å². The molecule has 0 aromatic heterocycles. The summed E-state index contributed by atoms with van der Waals surface area (Å²) in [5.74, 6) is 0. The molecule has 4 heteroatoms. The molecule has 0 aliphatic heterocycles. The Bertz CT molecular complexity index is 104. The molecule has 0 bridgehead atoms. The normalized spacial score (nSPS) is 9.50. The Balaban J connectivity index is 3.11. The maximum absolute atomic E-state index is 5.19. The van der Waals surface area contributed by atoms with E-state index in [1.54, 1.807) is 14.2 Å². The summed E-state index contributed by atoms with van der Waals surface area (Å²) < 4.78 is 16.4. The Morgan fingerprint density at radius 1 is 1.25 bits per heavy atom. The molecule has 0 N–H and O–H groups in total. The number of ether oxygens (including phenoxy) is 1. The van der Waals surface area contributed by atoms with E-state index in [-0.39, 0.29) is 0 Å². The minimum atomic E-state index is -1.58. The van der Waals surface area contributed by atoms with Crippen molar-refractivity contribution < 1.29 is 30.0 Å². The predicted octanol–water partition coefficient (Wildman–Crippen LogP) is 2.09. The van der Waals surface area contributed by atoms with E-state index in [2.05, 4.69) is 6.58 Å². The molecule has 0 aromatic carbocycles. The molecule has 0 aliphatic carbocycles. The van der Waals surface area contributed by atoms with Gasteiger partial charge in [0.2, 0.25) is 0 Å². The van der Waals surface area contributed by atoms with E-state index in [9.17, 15) is 0 Å². The van der Waals surface area contributed by atoms with Crippen LogP contribution in [0.5, 0.6) is 0 Å². The monoisotopic (exact) mass is 209 g/mol.